The zero-order valence-corrected chi connectivity index (χ0v) is 12.5. The molecule has 4 heteroatoms. The summed E-state index contributed by atoms with van der Waals surface area (Å²) in [7, 11) is 0. The lowest BCUT2D eigenvalue weighted by molar-refractivity contribution is -0.129. The van der Waals surface area contributed by atoms with Crippen molar-refractivity contribution in [1.29, 1.82) is 0 Å². The molecule has 3 aliphatic carbocycles. The maximum Gasteiger partial charge on any atom is 0.173 e. The Bertz CT molecular complexity index is 652. The van der Waals surface area contributed by atoms with E-state index in [0.29, 0.717) is 24.1 Å². The van der Waals surface area contributed by atoms with E-state index in [2.05, 4.69) is 5.32 Å². The highest BCUT2D eigenvalue weighted by atomic mass is 16.5. The third-order valence-corrected chi connectivity index (χ3v) is 5.99. The average Bonchev–Trinajstić information content (AvgIpc) is 3.25. The van der Waals surface area contributed by atoms with E-state index >= 15 is 0 Å². The van der Waals surface area contributed by atoms with Crippen LogP contribution in [0.15, 0.2) is 12.1 Å². The Morgan fingerprint density at radius 1 is 1.27 bits per heavy atom. The molecule has 2 N–H and O–H groups in total. The molecule has 0 bridgehead atoms. The topological polar surface area (TPSA) is 58.6 Å². The van der Waals surface area contributed by atoms with Gasteiger partial charge in [0.1, 0.15) is 0 Å². The van der Waals surface area contributed by atoms with E-state index in [0.717, 1.165) is 30.9 Å². The van der Waals surface area contributed by atoms with Gasteiger partial charge in [0.2, 0.25) is 0 Å². The number of Topliss-reactive ketones (excluding diaryl/α,β-unsaturated/α-hetero) is 1. The molecule has 1 aliphatic heterocycles. The van der Waals surface area contributed by atoms with Crippen LogP contribution in [0.1, 0.15) is 42.7 Å². The summed E-state index contributed by atoms with van der Waals surface area (Å²) < 4.78 is 5.90. The number of nitrogens with one attached hydrogen (secondary N) is 1. The van der Waals surface area contributed by atoms with Gasteiger partial charge in [-0.1, -0.05) is 6.07 Å². The van der Waals surface area contributed by atoms with Gasteiger partial charge in [0.15, 0.2) is 23.4 Å². The van der Waals surface area contributed by atoms with E-state index in [1.165, 1.54) is 18.4 Å². The lowest BCUT2D eigenvalue weighted by Crippen LogP contribution is -2.50. The van der Waals surface area contributed by atoms with E-state index < -0.39 is 0 Å². The van der Waals surface area contributed by atoms with E-state index in [9.17, 15) is 9.90 Å². The minimum absolute atomic E-state index is 0.142. The molecule has 0 aromatic heterocycles. The van der Waals surface area contributed by atoms with Crippen molar-refractivity contribution in [3.63, 3.8) is 0 Å². The molecule has 4 nitrogen and oxygen atoms in total. The first-order valence-corrected chi connectivity index (χ1v) is 8.50. The molecule has 2 saturated carbocycles. The predicted molar refractivity (Wildman–Crippen MR) is 81.2 cm³/mol. The minimum Gasteiger partial charge on any atom is -0.504 e. The number of phenols is 1. The van der Waals surface area contributed by atoms with Crippen molar-refractivity contribution in [1.82, 2.24) is 5.32 Å². The molecule has 0 radical (unpaired) electrons. The monoisotopic (exact) mass is 299 g/mol. The van der Waals surface area contributed by atoms with Gasteiger partial charge >= 0.3 is 0 Å². The Balaban J connectivity index is 1.55. The third kappa shape index (κ3) is 1.76. The second kappa shape index (κ2) is 4.48. The first kappa shape index (κ1) is 12.9. The van der Waals surface area contributed by atoms with Gasteiger partial charge in [-0.05, 0) is 55.7 Å². The molecule has 0 spiro atoms. The van der Waals surface area contributed by atoms with Gasteiger partial charge in [-0.25, -0.2) is 0 Å². The van der Waals surface area contributed by atoms with Crippen LogP contribution in [0.5, 0.6) is 11.5 Å². The van der Waals surface area contributed by atoms with E-state index in [-0.39, 0.29) is 23.6 Å². The molecule has 2 fully saturated rings. The summed E-state index contributed by atoms with van der Waals surface area (Å²) in [6.45, 7) is 1.10. The molecule has 0 amide bonds. The molecule has 0 unspecified atom stereocenters. The second-order valence-corrected chi connectivity index (χ2v) is 7.38. The summed E-state index contributed by atoms with van der Waals surface area (Å²) >= 11 is 0. The fraction of sp³-hybridized carbons (Fsp3) is 0.611. The molecule has 4 aliphatic rings. The maximum absolute atomic E-state index is 12.3. The highest BCUT2D eigenvalue weighted by molar-refractivity contribution is 5.87. The Hall–Kier alpha value is -1.55. The fourth-order valence-electron chi connectivity index (χ4n) is 4.69. The van der Waals surface area contributed by atoms with Gasteiger partial charge in [-0.2, -0.15) is 0 Å². The van der Waals surface area contributed by atoms with Crippen molar-refractivity contribution >= 4 is 5.78 Å². The standard InChI is InChI=1S/C18H21NO3/c20-13-5-3-10-7-12(19-8-9-1-2-9)11-4-6-14(21)18-16(11)15(10)17(13)22-18/h3,5,9,11-12,16,18-20H,1-2,4,6-8H2/t11-,12+,16+,18-/m0/s1. The number of hydrogen-bond donors (Lipinski definition) is 2. The van der Waals surface area contributed by atoms with Crippen LogP contribution in [0.25, 0.3) is 0 Å². The first-order valence-electron chi connectivity index (χ1n) is 8.50. The van der Waals surface area contributed by atoms with Crippen molar-refractivity contribution in [2.45, 2.75) is 50.2 Å². The lowest BCUT2D eigenvalue weighted by atomic mass is 9.65. The summed E-state index contributed by atoms with van der Waals surface area (Å²) in [6, 6.07) is 4.17. The van der Waals surface area contributed by atoms with Crippen LogP contribution in [-0.4, -0.2) is 29.6 Å². The number of carbonyl (C=O) groups is 1. The summed E-state index contributed by atoms with van der Waals surface area (Å²) in [5, 5.41) is 13.9. The molecular weight excluding hydrogens is 278 g/mol. The van der Waals surface area contributed by atoms with Crippen LogP contribution >= 0.6 is 0 Å². The van der Waals surface area contributed by atoms with Crippen molar-refractivity contribution in [2.75, 3.05) is 6.54 Å². The Kier molecular flexibility index (Phi) is 2.63. The Labute approximate surface area is 129 Å². The van der Waals surface area contributed by atoms with E-state index in [1.807, 2.05) is 6.07 Å². The van der Waals surface area contributed by atoms with Crippen LogP contribution in [0, 0.1) is 11.8 Å². The van der Waals surface area contributed by atoms with E-state index in [4.69, 9.17) is 4.74 Å². The van der Waals surface area contributed by atoms with Crippen molar-refractivity contribution in [2.24, 2.45) is 11.8 Å². The number of hydrogen-bond acceptors (Lipinski definition) is 4. The van der Waals surface area contributed by atoms with Crippen LogP contribution in [0.2, 0.25) is 0 Å². The average molecular weight is 299 g/mol. The van der Waals surface area contributed by atoms with Crippen LogP contribution in [0.4, 0.5) is 0 Å². The molecule has 0 saturated heterocycles. The maximum atomic E-state index is 12.3. The summed E-state index contributed by atoms with van der Waals surface area (Å²) in [6.07, 6.45) is 4.88. The van der Waals surface area contributed by atoms with Crippen LogP contribution < -0.4 is 10.1 Å². The lowest BCUT2D eigenvalue weighted by Gasteiger charge is -2.41. The first-order chi connectivity index (χ1) is 10.7. The summed E-state index contributed by atoms with van der Waals surface area (Å²) in [4.78, 5) is 12.3. The molecule has 116 valence electrons. The zero-order chi connectivity index (χ0) is 14.8. The number of ketones is 1. The predicted octanol–water partition coefficient (Wildman–Crippen LogP) is 2.14. The summed E-state index contributed by atoms with van der Waals surface area (Å²) in [5.41, 5.74) is 2.37. The number of carbonyl (C=O) groups excluding carboxylic acids is 1. The number of phenolic OH excluding ortho intramolecular Hbond substituents is 1. The quantitative estimate of drug-likeness (QED) is 0.898. The zero-order valence-electron chi connectivity index (χ0n) is 12.5. The SMILES string of the molecule is O=C1CC[C@@H]2[C@@H]3c4c(ccc(O)c4O[C@@H]13)C[C@H]2NCC1CC1. The van der Waals surface area contributed by atoms with Gasteiger partial charge in [0.25, 0.3) is 0 Å². The molecule has 5 rings (SSSR count). The third-order valence-electron chi connectivity index (χ3n) is 5.99. The molecule has 1 heterocycles. The number of aromatic hydroxyl groups is 1. The van der Waals surface area contributed by atoms with Crippen molar-refractivity contribution < 1.29 is 14.6 Å². The largest absolute Gasteiger partial charge is 0.504 e. The smallest absolute Gasteiger partial charge is 0.173 e. The molecule has 22 heavy (non-hydrogen) atoms. The van der Waals surface area contributed by atoms with E-state index in [1.54, 1.807) is 6.07 Å². The van der Waals surface area contributed by atoms with Gasteiger partial charge in [-0.15, -0.1) is 0 Å². The highest BCUT2D eigenvalue weighted by Gasteiger charge is 2.53. The Morgan fingerprint density at radius 2 is 2.14 bits per heavy atom. The van der Waals surface area contributed by atoms with Crippen molar-refractivity contribution in [3.05, 3.63) is 23.3 Å². The summed E-state index contributed by atoms with van der Waals surface area (Å²) in [5.74, 6) is 2.42. The Morgan fingerprint density at radius 3 is 2.95 bits per heavy atom. The van der Waals surface area contributed by atoms with Crippen LogP contribution in [-0.2, 0) is 11.2 Å². The second-order valence-electron chi connectivity index (χ2n) is 7.38. The van der Waals surface area contributed by atoms with Gasteiger partial charge in [-0.3, -0.25) is 4.79 Å². The van der Waals surface area contributed by atoms with Gasteiger partial charge in [0.05, 0.1) is 0 Å². The minimum atomic E-state index is -0.369. The number of benzene rings is 1. The van der Waals surface area contributed by atoms with Gasteiger partial charge in [0, 0.05) is 23.9 Å². The normalized spacial score (nSPS) is 35.2. The fourth-order valence-corrected chi connectivity index (χ4v) is 4.69. The highest BCUT2D eigenvalue weighted by Crippen LogP contribution is 2.55. The number of rotatable bonds is 3. The van der Waals surface area contributed by atoms with Crippen LogP contribution in [0.3, 0.4) is 0 Å². The molecule has 1 aromatic carbocycles. The molecule has 4 atom stereocenters. The number of ether oxygens (including phenoxy) is 1. The molecular formula is C18H21NO3. The molecule has 1 aromatic rings. The van der Waals surface area contributed by atoms with Gasteiger partial charge < -0.3 is 15.2 Å². The van der Waals surface area contributed by atoms with Crippen molar-refractivity contribution in [3.8, 4) is 11.5 Å².